The Morgan fingerprint density at radius 2 is 2.18 bits per heavy atom. The van der Waals surface area contributed by atoms with Crippen molar-refractivity contribution in [1.82, 2.24) is 9.78 Å². The molecule has 0 radical (unpaired) electrons. The number of nitro groups is 1. The number of nitrogens with one attached hydrogen (secondary N) is 1. The summed E-state index contributed by atoms with van der Waals surface area (Å²) in [5, 5.41) is 18.3. The average molecular weight is 241 g/mol. The molecule has 0 spiro atoms. The number of rotatable bonds is 5. The van der Waals surface area contributed by atoms with E-state index in [-0.39, 0.29) is 5.69 Å². The topological polar surface area (TPSA) is 99.0 Å². The van der Waals surface area contributed by atoms with Gasteiger partial charge in [-0.05, 0) is 27.7 Å². The van der Waals surface area contributed by atoms with Crippen LogP contribution in [-0.2, 0) is 6.54 Å². The van der Waals surface area contributed by atoms with Gasteiger partial charge in [0.1, 0.15) is 5.69 Å². The summed E-state index contributed by atoms with van der Waals surface area (Å²) in [4.78, 5) is 10.6. The fraction of sp³-hybridized carbons (Fsp3) is 0.700. The third kappa shape index (κ3) is 2.73. The highest BCUT2D eigenvalue weighted by atomic mass is 16.6. The average Bonchev–Trinajstić information content (AvgIpc) is 2.54. The van der Waals surface area contributed by atoms with Crippen LogP contribution in [0.5, 0.6) is 0 Å². The zero-order chi connectivity index (χ0) is 13.2. The number of anilines is 1. The number of aryl methyl sites for hydroxylation is 2. The van der Waals surface area contributed by atoms with Crippen LogP contribution in [0.25, 0.3) is 0 Å². The van der Waals surface area contributed by atoms with Crippen molar-refractivity contribution in [3.8, 4) is 0 Å². The lowest BCUT2D eigenvalue weighted by Gasteiger charge is -2.25. The van der Waals surface area contributed by atoms with E-state index in [1.165, 1.54) is 0 Å². The minimum Gasteiger partial charge on any atom is -0.358 e. The van der Waals surface area contributed by atoms with E-state index in [0.717, 1.165) is 0 Å². The van der Waals surface area contributed by atoms with Gasteiger partial charge in [-0.2, -0.15) is 5.10 Å². The SMILES string of the molecule is CCn1nc(C)c([N+](=O)[O-])c1NC(C)(C)CN. The number of aromatic nitrogens is 2. The van der Waals surface area contributed by atoms with Crippen molar-refractivity contribution in [2.45, 2.75) is 39.8 Å². The molecule has 0 unspecified atom stereocenters. The van der Waals surface area contributed by atoms with Gasteiger partial charge in [-0.15, -0.1) is 0 Å². The van der Waals surface area contributed by atoms with Crippen molar-refractivity contribution < 1.29 is 4.92 Å². The van der Waals surface area contributed by atoms with Crippen LogP contribution in [0.4, 0.5) is 11.5 Å². The van der Waals surface area contributed by atoms with Crippen molar-refractivity contribution in [1.29, 1.82) is 0 Å². The first-order chi connectivity index (χ1) is 7.82. The van der Waals surface area contributed by atoms with Crippen LogP contribution >= 0.6 is 0 Å². The minimum absolute atomic E-state index is 0.0216. The second-order valence-corrected chi connectivity index (χ2v) is 4.57. The summed E-state index contributed by atoms with van der Waals surface area (Å²) in [5.74, 6) is 0.422. The van der Waals surface area contributed by atoms with Gasteiger partial charge >= 0.3 is 5.69 Å². The molecule has 96 valence electrons. The van der Waals surface area contributed by atoms with Gasteiger partial charge < -0.3 is 11.1 Å². The molecule has 1 aromatic rings. The van der Waals surface area contributed by atoms with E-state index in [1.54, 1.807) is 11.6 Å². The zero-order valence-electron chi connectivity index (χ0n) is 10.6. The Bertz CT molecular complexity index is 425. The van der Waals surface area contributed by atoms with Gasteiger partial charge in [-0.3, -0.25) is 10.1 Å². The van der Waals surface area contributed by atoms with Crippen LogP contribution in [-0.4, -0.2) is 26.8 Å². The molecule has 0 aliphatic rings. The minimum atomic E-state index is -0.413. The monoisotopic (exact) mass is 241 g/mol. The largest absolute Gasteiger partial charge is 0.358 e. The molecule has 1 aromatic heterocycles. The summed E-state index contributed by atoms with van der Waals surface area (Å²) >= 11 is 0. The van der Waals surface area contributed by atoms with Crippen LogP contribution < -0.4 is 11.1 Å². The molecule has 3 N–H and O–H groups in total. The standard InChI is InChI=1S/C10H19N5O2/c1-5-14-9(12-10(3,4)6-11)8(15(16)17)7(2)13-14/h12H,5-6,11H2,1-4H3. The van der Waals surface area contributed by atoms with Gasteiger partial charge in [0.2, 0.25) is 5.82 Å². The Morgan fingerprint density at radius 1 is 1.59 bits per heavy atom. The fourth-order valence-corrected chi connectivity index (χ4v) is 1.51. The molecule has 7 heteroatoms. The molecule has 0 aliphatic heterocycles. The Kier molecular flexibility index (Phi) is 3.72. The maximum Gasteiger partial charge on any atom is 0.333 e. The summed E-state index contributed by atoms with van der Waals surface area (Å²) in [7, 11) is 0. The molecule has 0 atom stereocenters. The highest BCUT2D eigenvalue weighted by molar-refractivity contribution is 5.60. The fourth-order valence-electron chi connectivity index (χ4n) is 1.51. The maximum atomic E-state index is 11.0. The number of nitrogens with zero attached hydrogens (tertiary/aromatic N) is 3. The summed E-state index contributed by atoms with van der Waals surface area (Å²) in [6.07, 6.45) is 0. The van der Waals surface area contributed by atoms with E-state index >= 15 is 0 Å². The van der Waals surface area contributed by atoms with Gasteiger partial charge in [-0.1, -0.05) is 0 Å². The van der Waals surface area contributed by atoms with Crippen molar-refractivity contribution in [2.24, 2.45) is 5.73 Å². The van der Waals surface area contributed by atoms with Crippen molar-refractivity contribution in [3.05, 3.63) is 15.8 Å². The van der Waals surface area contributed by atoms with Gasteiger partial charge in [0.05, 0.1) is 4.92 Å². The van der Waals surface area contributed by atoms with Crippen LogP contribution in [0, 0.1) is 17.0 Å². The van der Waals surface area contributed by atoms with Gasteiger partial charge in [-0.25, -0.2) is 4.68 Å². The third-order valence-electron chi connectivity index (χ3n) is 2.55. The first-order valence-electron chi connectivity index (χ1n) is 5.52. The molecule has 1 heterocycles. The van der Waals surface area contributed by atoms with E-state index in [4.69, 9.17) is 5.73 Å². The second kappa shape index (κ2) is 4.70. The molecule has 7 nitrogen and oxygen atoms in total. The first kappa shape index (κ1) is 13.4. The van der Waals surface area contributed by atoms with Crippen molar-refractivity contribution in [3.63, 3.8) is 0 Å². The van der Waals surface area contributed by atoms with Crippen molar-refractivity contribution >= 4 is 11.5 Å². The summed E-state index contributed by atoms with van der Waals surface area (Å²) in [6, 6.07) is 0. The molecule has 0 amide bonds. The van der Waals surface area contributed by atoms with Crippen LogP contribution in [0.15, 0.2) is 0 Å². The second-order valence-electron chi connectivity index (χ2n) is 4.57. The molecule has 1 rings (SSSR count). The molecule has 0 bridgehead atoms. The maximum absolute atomic E-state index is 11.0. The molecular weight excluding hydrogens is 222 g/mol. The van der Waals surface area contributed by atoms with Crippen LogP contribution in [0.1, 0.15) is 26.5 Å². The van der Waals surface area contributed by atoms with Gasteiger partial charge in [0.15, 0.2) is 0 Å². The molecule has 0 aliphatic carbocycles. The number of nitrogens with two attached hydrogens (primary N) is 1. The lowest BCUT2D eigenvalue weighted by Crippen LogP contribution is -2.40. The van der Waals surface area contributed by atoms with Crippen molar-refractivity contribution in [2.75, 3.05) is 11.9 Å². The molecular formula is C10H19N5O2. The normalized spacial score (nSPS) is 11.6. The molecule has 0 saturated carbocycles. The smallest absolute Gasteiger partial charge is 0.333 e. The van der Waals surface area contributed by atoms with Crippen LogP contribution in [0.3, 0.4) is 0 Å². The third-order valence-corrected chi connectivity index (χ3v) is 2.55. The lowest BCUT2D eigenvalue weighted by atomic mass is 10.1. The summed E-state index contributed by atoms with van der Waals surface area (Å²) < 4.78 is 1.59. The Hall–Kier alpha value is -1.63. The van der Waals surface area contributed by atoms with E-state index in [9.17, 15) is 10.1 Å². The summed E-state index contributed by atoms with van der Waals surface area (Å²) in [5.41, 5.74) is 5.64. The molecule has 17 heavy (non-hydrogen) atoms. The van der Waals surface area contributed by atoms with E-state index < -0.39 is 10.5 Å². The number of hydrogen-bond acceptors (Lipinski definition) is 5. The quantitative estimate of drug-likeness (QED) is 0.597. The predicted molar refractivity (Wildman–Crippen MR) is 66.0 cm³/mol. The highest BCUT2D eigenvalue weighted by Crippen LogP contribution is 2.30. The Labute approximate surface area is 100 Å². The van der Waals surface area contributed by atoms with Gasteiger partial charge in [0, 0.05) is 18.6 Å². The van der Waals surface area contributed by atoms with Crippen LogP contribution in [0.2, 0.25) is 0 Å². The predicted octanol–water partition coefficient (Wildman–Crippen LogP) is 1.27. The Morgan fingerprint density at radius 3 is 2.59 bits per heavy atom. The first-order valence-corrected chi connectivity index (χ1v) is 5.52. The van der Waals surface area contributed by atoms with E-state index in [0.29, 0.717) is 24.6 Å². The van der Waals surface area contributed by atoms with E-state index in [2.05, 4.69) is 10.4 Å². The number of hydrogen-bond donors (Lipinski definition) is 2. The van der Waals surface area contributed by atoms with Gasteiger partial charge in [0.25, 0.3) is 0 Å². The zero-order valence-corrected chi connectivity index (χ0v) is 10.6. The molecule has 0 aromatic carbocycles. The highest BCUT2D eigenvalue weighted by Gasteiger charge is 2.28. The Balaban J connectivity index is 3.24. The molecule has 0 saturated heterocycles. The molecule has 0 fully saturated rings. The van der Waals surface area contributed by atoms with E-state index in [1.807, 2.05) is 20.8 Å². The summed E-state index contributed by atoms with van der Waals surface area (Å²) in [6.45, 7) is 8.23. The lowest BCUT2D eigenvalue weighted by molar-refractivity contribution is -0.384.